The van der Waals surface area contributed by atoms with Crippen molar-refractivity contribution in [3.63, 3.8) is 0 Å². The maximum absolute atomic E-state index is 6.76. The molecule has 0 saturated carbocycles. The predicted octanol–water partition coefficient (Wildman–Crippen LogP) is 14.6. The summed E-state index contributed by atoms with van der Waals surface area (Å²) in [7, 11) is 0. The molecule has 65 heavy (non-hydrogen) atoms. The molecule has 0 aliphatic heterocycles. The van der Waals surface area contributed by atoms with Gasteiger partial charge in [-0.25, -0.2) is 0 Å². The summed E-state index contributed by atoms with van der Waals surface area (Å²) < 4.78 is 18.9. The first-order chi connectivity index (χ1) is 32.2. The van der Waals surface area contributed by atoms with E-state index in [0.717, 1.165) is 66.1 Å². The van der Waals surface area contributed by atoms with Crippen molar-refractivity contribution in [2.24, 2.45) is 0 Å². The summed E-state index contributed by atoms with van der Waals surface area (Å²) in [5.41, 5.74) is 12.7. The topological polar surface area (TPSA) is 26.3 Å². The molecule has 0 N–H and O–H groups in total. The number of rotatable bonds is 8. The Kier molecular flexibility index (Phi) is 10.6. The molecule has 0 fully saturated rings. The average molecular weight is 896 g/mol. The van der Waals surface area contributed by atoms with Gasteiger partial charge in [0.15, 0.2) is 0 Å². The quantitative estimate of drug-likeness (QED) is 0.142. The number of para-hydroxylation sites is 4. The van der Waals surface area contributed by atoms with Crippen LogP contribution in [0.2, 0.25) is 0 Å². The first kappa shape index (κ1) is 40.1. The third-order valence-electron chi connectivity index (χ3n) is 12.8. The molecule has 3 heteroatoms. The van der Waals surface area contributed by atoms with Gasteiger partial charge in [0, 0.05) is 0 Å². The molecule has 12 rings (SSSR count). The van der Waals surface area contributed by atoms with Gasteiger partial charge >= 0.3 is 371 Å². The molecular formula is C62H46GeO2. The van der Waals surface area contributed by atoms with E-state index in [1.807, 2.05) is 26.0 Å². The van der Waals surface area contributed by atoms with Gasteiger partial charge in [0.2, 0.25) is 0 Å². The molecule has 0 atom stereocenters. The Morgan fingerprint density at radius 1 is 0.262 bits per heavy atom. The van der Waals surface area contributed by atoms with Crippen LogP contribution in [0.4, 0.5) is 0 Å². The molecule has 10 aromatic carbocycles. The third-order valence-corrected chi connectivity index (χ3v) is 22.7. The maximum atomic E-state index is 6.76. The van der Waals surface area contributed by atoms with Crippen molar-refractivity contribution in [1.82, 2.24) is 0 Å². The Morgan fingerprint density at radius 3 is 1.02 bits per heavy atom. The molecule has 0 spiro atoms. The molecule has 0 saturated heterocycles. The number of furan rings is 2. The summed E-state index contributed by atoms with van der Waals surface area (Å²) in [4.78, 5) is 0. The van der Waals surface area contributed by atoms with E-state index in [2.05, 4.69) is 231 Å². The van der Waals surface area contributed by atoms with Gasteiger partial charge in [-0.1, -0.05) is 13.8 Å². The fraction of sp³-hybridized carbons (Fsp3) is 0.0323. The molecule has 0 aliphatic carbocycles. The molecule has 0 radical (unpaired) electrons. The first-order valence-corrected chi connectivity index (χ1v) is 26.8. The molecule has 2 heterocycles. The second kappa shape index (κ2) is 17.1. The molecule has 2 aromatic heterocycles. The van der Waals surface area contributed by atoms with Crippen LogP contribution in [0.25, 0.3) is 88.4 Å². The van der Waals surface area contributed by atoms with Crippen LogP contribution >= 0.6 is 0 Å². The Labute approximate surface area is 382 Å². The summed E-state index contributed by atoms with van der Waals surface area (Å²) in [6.45, 7) is 4.00. The van der Waals surface area contributed by atoms with Crippen molar-refractivity contribution in [2.75, 3.05) is 0 Å². The number of benzene rings is 10. The normalized spacial score (nSPS) is 11.5. The Hall–Kier alpha value is -7.66. The predicted molar refractivity (Wildman–Crippen MR) is 278 cm³/mol. The summed E-state index contributed by atoms with van der Waals surface area (Å²) >= 11 is -4.06. The second-order valence-corrected chi connectivity index (χ2v) is 24.4. The van der Waals surface area contributed by atoms with Crippen LogP contribution in [-0.4, -0.2) is 13.3 Å². The molecule has 0 unspecified atom stereocenters. The first-order valence-electron chi connectivity index (χ1n) is 22.6. The molecule has 0 bridgehead atoms. The van der Waals surface area contributed by atoms with Gasteiger partial charge in [0.25, 0.3) is 0 Å². The van der Waals surface area contributed by atoms with Gasteiger partial charge in [-0.2, -0.15) is 0 Å². The Morgan fingerprint density at radius 2 is 0.600 bits per heavy atom. The Balaban J connectivity index is 0.00000231. The zero-order chi connectivity index (χ0) is 43.7. The monoisotopic (exact) mass is 896 g/mol. The van der Waals surface area contributed by atoms with E-state index >= 15 is 0 Å². The van der Waals surface area contributed by atoms with Crippen LogP contribution in [0.3, 0.4) is 0 Å². The SMILES string of the molecule is CC.c1ccc(-c2cc(-c3cccc4c3oc3ccccc34)c[c]([Ge]([c]3ccccc3)([c]3ccccc3)[c]3cc(-c4ccccc4)cc(-c4cccc5c4oc4ccccc45)c3)c2)cc1. The van der Waals surface area contributed by atoms with Crippen LogP contribution in [0.5, 0.6) is 0 Å². The van der Waals surface area contributed by atoms with Crippen molar-refractivity contribution >= 4 is 74.7 Å². The van der Waals surface area contributed by atoms with Crippen LogP contribution in [0.15, 0.2) is 251 Å². The summed E-state index contributed by atoms with van der Waals surface area (Å²) in [5, 5.41) is 4.49. The summed E-state index contributed by atoms with van der Waals surface area (Å²) in [6, 6.07) is 88.9. The van der Waals surface area contributed by atoms with Gasteiger partial charge in [0.05, 0.1) is 0 Å². The minimum atomic E-state index is -4.06. The minimum absolute atomic E-state index is 0.893. The average Bonchev–Trinajstić information content (AvgIpc) is 3.97. The summed E-state index contributed by atoms with van der Waals surface area (Å²) in [5.74, 6) is 0. The van der Waals surface area contributed by atoms with Gasteiger partial charge in [-0.05, 0) is 0 Å². The molecule has 0 amide bonds. The molecule has 0 aliphatic rings. The number of fused-ring (bicyclic) bond motifs is 6. The number of hydrogen-bond donors (Lipinski definition) is 0. The molecule has 12 aromatic rings. The van der Waals surface area contributed by atoms with Crippen molar-refractivity contribution in [3.05, 3.63) is 243 Å². The van der Waals surface area contributed by atoms with E-state index in [4.69, 9.17) is 8.83 Å². The van der Waals surface area contributed by atoms with E-state index in [-0.39, 0.29) is 0 Å². The zero-order valence-corrected chi connectivity index (χ0v) is 38.5. The zero-order valence-electron chi connectivity index (χ0n) is 36.4. The standard InChI is InChI=1S/C60H40GeO2.C2H6/c1-5-19-41(20-6-1)43-35-45(51-29-17-31-55-53-27-13-15-33-57(53)62-59(51)55)39-49(37-43)61(47-23-9-3-10-24-47,48-25-11-4-12-26-48)50-38-44(42-21-7-2-8-22-42)36-46(40-50)52-30-18-32-56-54-28-14-16-34-58(54)63-60(52)56;1-2/h1-40H;1-2H3. The van der Waals surface area contributed by atoms with Crippen molar-refractivity contribution in [3.8, 4) is 44.5 Å². The Bertz CT molecular complexity index is 3370. The van der Waals surface area contributed by atoms with Crippen LogP contribution in [-0.2, 0) is 0 Å². The van der Waals surface area contributed by atoms with Crippen molar-refractivity contribution in [2.45, 2.75) is 13.8 Å². The molecule has 310 valence electrons. The van der Waals surface area contributed by atoms with Crippen LogP contribution in [0, 0.1) is 0 Å². The van der Waals surface area contributed by atoms with Crippen LogP contribution in [0.1, 0.15) is 13.8 Å². The van der Waals surface area contributed by atoms with E-state index in [1.165, 1.54) is 39.8 Å². The van der Waals surface area contributed by atoms with Gasteiger partial charge in [-0.15, -0.1) is 0 Å². The number of hydrogen-bond acceptors (Lipinski definition) is 2. The van der Waals surface area contributed by atoms with E-state index in [1.54, 1.807) is 0 Å². The fourth-order valence-electron chi connectivity index (χ4n) is 9.92. The fourth-order valence-corrected chi connectivity index (χ4v) is 20.1. The van der Waals surface area contributed by atoms with Gasteiger partial charge < -0.3 is 0 Å². The van der Waals surface area contributed by atoms with Gasteiger partial charge in [0.1, 0.15) is 0 Å². The second-order valence-electron chi connectivity index (χ2n) is 16.4. The molecule has 2 nitrogen and oxygen atoms in total. The van der Waals surface area contributed by atoms with Crippen LogP contribution < -0.4 is 17.6 Å². The molecular weight excluding hydrogens is 849 g/mol. The van der Waals surface area contributed by atoms with Crippen molar-refractivity contribution in [1.29, 1.82) is 0 Å². The van der Waals surface area contributed by atoms with E-state index in [0.29, 0.717) is 0 Å². The third kappa shape index (κ3) is 6.98. The van der Waals surface area contributed by atoms with E-state index < -0.39 is 13.3 Å². The summed E-state index contributed by atoms with van der Waals surface area (Å²) in [6.07, 6.45) is 0. The van der Waals surface area contributed by atoms with Crippen molar-refractivity contribution < 1.29 is 8.83 Å². The van der Waals surface area contributed by atoms with Gasteiger partial charge in [-0.3, -0.25) is 0 Å². The van der Waals surface area contributed by atoms with E-state index in [9.17, 15) is 0 Å².